The predicted molar refractivity (Wildman–Crippen MR) is 160 cm³/mol. The van der Waals surface area contributed by atoms with Gasteiger partial charge in [0.25, 0.3) is 0 Å². The maximum atomic E-state index is 13.0. The van der Waals surface area contributed by atoms with Crippen molar-refractivity contribution in [3.05, 3.63) is 35.9 Å². The summed E-state index contributed by atoms with van der Waals surface area (Å²) in [6.07, 6.45) is 1.90. The lowest BCUT2D eigenvalue weighted by Gasteiger charge is -2.24. The van der Waals surface area contributed by atoms with Gasteiger partial charge in [-0.05, 0) is 38.2 Å². The minimum absolute atomic E-state index is 0.221. The van der Waals surface area contributed by atoms with Crippen molar-refractivity contribution in [2.75, 3.05) is 10.6 Å². The van der Waals surface area contributed by atoms with Crippen LogP contribution in [0.5, 0.6) is 0 Å². The highest BCUT2D eigenvalue weighted by Gasteiger charge is 2.33. The van der Waals surface area contributed by atoms with Gasteiger partial charge < -0.3 is 22.1 Å². The number of aromatic nitrogens is 2. The SMILES string of the molecule is CCC(N)(CC)C(=O)Nc1nc2c(C(C)=O)c3nc(NC(=O)C(N)(CC)CC)sc3c(-c3ccccc3)c2s1. The molecule has 4 aromatic rings. The molecule has 2 heterocycles. The number of rotatable bonds is 10. The van der Waals surface area contributed by atoms with Crippen molar-refractivity contribution in [3.63, 3.8) is 0 Å². The Hall–Kier alpha value is -3.25. The zero-order chi connectivity index (χ0) is 28.5. The number of hydrogen-bond acceptors (Lipinski definition) is 9. The van der Waals surface area contributed by atoms with E-state index in [1.165, 1.54) is 29.6 Å². The Morgan fingerprint density at radius 1 is 0.769 bits per heavy atom. The van der Waals surface area contributed by atoms with Crippen LogP contribution in [0.2, 0.25) is 0 Å². The van der Waals surface area contributed by atoms with E-state index in [4.69, 9.17) is 21.4 Å². The number of benzene rings is 2. The summed E-state index contributed by atoms with van der Waals surface area (Å²) < 4.78 is 1.48. The molecule has 0 aliphatic heterocycles. The van der Waals surface area contributed by atoms with Gasteiger partial charge in [-0.1, -0.05) is 80.7 Å². The number of amides is 2. The van der Waals surface area contributed by atoms with E-state index < -0.39 is 11.1 Å². The first-order valence-corrected chi connectivity index (χ1v) is 14.7. The van der Waals surface area contributed by atoms with Crippen LogP contribution in [0.15, 0.2) is 30.3 Å². The van der Waals surface area contributed by atoms with Crippen LogP contribution in [-0.4, -0.2) is 38.6 Å². The van der Waals surface area contributed by atoms with Crippen LogP contribution in [0.4, 0.5) is 10.3 Å². The number of carbonyl (C=O) groups excluding carboxylic acids is 3. The Kier molecular flexibility index (Phi) is 8.17. The molecule has 0 aliphatic carbocycles. The first-order chi connectivity index (χ1) is 18.5. The molecule has 0 aliphatic rings. The lowest BCUT2D eigenvalue weighted by molar-refractivity contribution is -0.122. The lowest BCUT2D eigenvalue weighted by atomic mass is 9.93. The summed E-state index contributed by atoms with van der Waals surface area (Å²) in [6.45, 7) is 8.94. The molecule has 0 spiro atoms. The molecule has 2 aromatic carbocycles. The highest BCUT2D eigenvalue weighted by molar-refractivity contribution is 7.25. The number of nitrogens with zero attached hydrogens (tertiary/aromatic N) is 2. The van der Waals surface area contributed by atoms with Gasteiger partial charge >= 0.3 is 0 Å². The van der Waals surface area contributed by atoms with Crippen LogP contribution in [0.25, 0.3) is 31.6 Å². The van der Waals surface area contributed by atoms with Crippen LogP contribution >= 0.6 is 22.7 Å². The molecular formula is C28H34N6O3S2. The van der Waals surface area contributed by atoms with Crippen molar-refractivity contribution in [2.45, 2.75) is 71.4 Å². The maximum absolute atomic E-state index is 13.0. The zero-order valence-electron chi connectivity index (χ0n) is 22.8. The number of thiazole rings is 2. The van der Waals surface area contributed by atoms with E-state index in [2.05, 4.69) is 10.6 Å². The Bertz CT molecular complexity index is 1460. The van der Waals surface area contributed by atoms with E-state index in [0.717, 1.165) is 20.5 Å². The average Bonchev–Trinajstić information content (AvgIpc) is 3.53. The van der Waals surface area contributed by atoms with Crippen molar-refractivity contribution in [2.24, 2.45) is 11.5 Å². The van der Waals surface area contributed by atoms with Gasteiger partial charge in [-0.15, -0.1) is 0 Å². The highest BCUT2D eigenvalue weighted by Crippen LogP contribution is 2.46. The fraction of sp³-hybridized carbons (Fsp3) is 0.393. The summed E-state index contributed by atoms with van der Waals surface area (Å²) in [5, 5.41) is 6.47. The van der Waals surface area contributed by atoms with Crippen molar-refractivity contribution < 1.29 is 14.4 Å². The molecule has 9 nitrogen and oxygen atoms in total. The number of carbonyl (C=O) groups is 3. The second-order valence-corrected chi connectivity index (χ2v) is 11.7. The van der Waals surface area contributed by atoms with Crippen LogP contribution in [-0.2, 0) is 9.59 Å². The van der Waals surface area contributed by atoms with E-state index in [9.17, 15) is 14.4 Å². The Morgan fingerprint density at radius 3 is 1.54 bits per heavy atom. The van der Waals surface area contributed by atoms with Crippen LogP contribution < -0.4 is 22.1 Å². The molecule has 2 amide bonds. The van der Waals surface area contributed by atoms with E-state index in [-0.39, 0.29) is 17.6 Å². The fourth-order valence-corrected chi connectivity index (χ4v) is 6.57. The third kappa shape index (κ3) is 5.19. The van der Waals surface area contributed by atoms with Gasteiger partial charge in [0.2, 0.25) is 11.8 Å². The fourth-order valence-electron chi connectivity index (χ4n) is 4.43. The van der Waals surface area contributed by atoms with Crippen LogP contribution in [0.1, 0.15) is 70.7 Å². The second-order valence-electron chi connectivity index (χ2n) is 9.70. The average molecular weight is 567 g/mol. The number of hydrogen-bond donors (Lipinski definition) is 4. The summed E-state index contributed by atoms with van der Waals surface area (Å²) in [4.78, 5) is 48.4. The van der Waals surface area contributed by atoms with E-state index >= 15 is 0 Å². The number of anilines is 2. The number of Topliss-reactive ketones (excluding diaryl/α,β-unsaturated/α-hetero) is 1. The van der Waals surface area contributed by atoms with Gasteiger partial charge in [0, 0.05) is 5.56 Å². The second kappa shape index (κ2) is 11.1. The smallest absolute Gasteiger partial charge is 0.246 e. The molecule has 0 fully saturated rings. The Labute approximate surface area is 235 Å². The van der Waals surface area contributed by atoms with Gasteiger partial charge in [-0.2, -0.15) is 0 Å². The summed E-state index contributed by atoms with van der Waals surface area (Å²) in [5.74, 6) is -0.861. The minimum atomic E-state index is -1.02. The first kappa shape index (κ1) is 28.8. The summed E-state index contributed by atoms with van der Waals surface area (Å²) in [5.41, 5.74) is 13.5. The van der Waals surface area contributed by atoms with Crippen molar-refractivity contribution in [3.8, 4) is 11.1 Å². The van der Waals surface area contributed by atoms with E-state index in [1.54, 1.807) is 0 Å². The van der Waals surface area contributed by atoms with Crippen molar-refractivity contribution in [1.82, 2.24) is 9.97 Å². The molecule has 0 unspecified atom stereocenters. The number of fused-ring (bicyclic) bond motifs is 2. The van der Waals surface area contributed by atoms with Gasteiger partial charge in [-0.25, -0.2) is 9.97 Å². The summed E-state index contributed by atoms with van der Waals surface area (Å²) in [6, 6.07) is 9.71. The van der Waals surface area contributed by atoms with Crippen molar-refractivity contribution in [1.29, 1.82) is 0 Å². The molecule has 206 valence electrons. The van der Waals surface area contributed by atoms with Gasteiger partial charge in [0.1, 0.15) is 0 Å². The molecule has 6 N–H and O–H groups in total. The quantitative estimate of drug-likeness (QED) is 0.180. The Morgan fingerprint density at radius 2 is 1.18 bits per heavy atom. The molecule has 0 radical (unpaired) electrons. The van der Waals surface area contributed by atoms with Gasteiger partial charge in [-0.3, -0.25) is 14.4 Å². The van der Waals surface area contributed by atoms with Crippen LogP contribution in [0.3, 0.4) is 0 Å². The molecule has 0 bridgehead atoms. The summed E-state index contributed by atoms with van der Waals surface area (Å²) in [7, 11) is 0. The zero-order valence-corrected chi connectivity index (χ0v) is 24.4. The topological polar surface area (TPSA) is 153 Å². The lowest BCUT2D eigenvalue weighted by Crippen LogP contribution is -2.50. The van der Waals surface area contributed by atoms with Crippen LogP contribution in [0, 0.1) is 0 Å². The van der Waals surface area contributed by atoms with Gasteiger partial charge in [0.05, 0.1) is 37.1 Å². The predicted octanol–water partition coefficient (Wildman–Crippen LogP) is 5.69. The minimum Gasteiger partial charge on any atom is -0.317 e. The molecule has 0 saturated heterocycles. The molecule has 0 saturated carbocycles. The van der Waals surface area contributed by atoms with E-state index in [0.29, 0.717) is 52.5 Å². The normalized spacial score (nSPS) is 12.2. The monoisotopic (exact) mass is 566 g/mol. The Balaban J connectivity index is 1.95. The molecule has 39 heavy (non-hydrogen) atoms. The molecule has 2 aromatic heterocycles. The highest BCUT2D eigenvalue weighted by atomic mass is 32.1. The third-order valence-electron chi connectivity index (χ3n) is 7.47. The maximum Gasteiger partial charge on any atom is 0.246 e. The number of nitrogens with one attached hydrogen (secondary N) is 2. The first-order valence-electron chi connectivity index (χ1n) is 13.1. The third-order valence-corrected chi connectivity index (χ3v) is 9.44. The van der Waals surface area contributed by atoms with Gasteiger partial charge in [0.15, 0.2) is 16.0 Å². The summed E-state index contributed by atoms with van der Waals surface area (Å²) >= 11 is 2.57. The number of nitrogens with two attached hydrogens (primary N) is 2. The molecule has 4 rings (SSSR count). The standard InChI is InChI=1S/C28H34N6O3S2/c1-6-27(29,7-2)23(36)33-25-31-19-17(15(5)35)20-22(18(21(19)38-25)16-13-11-10-12-14-16)39-26(32-20)34-24(37)28(30,8-3)9-4/h10-14H,6-9,29-30H2,1-5H3,(H,31,33,36)(H,32,34,37). The molecule has 11 heteroatoms. The number of ketones is 1. The van der Waals surface area contributed by atoms with E-state index in [1.807, 2.05) is 58.0 Å². The molecular weight excluding hydrogens is 532 g/mol. The molecule has 0 atom stereocenters. The van der Waals surface area contributed by atoms with Crippen molar-refractivity contribution >= 4 is 71.0 Å². The largest absolute Gasteiger partial charge is 0.317 e.